The number of carbonyl (C=O) groups is 1. The highest BCUT2D eigenvalue weighted by Crippen LogP contribution is 2.24. The molecule has 9 heteroatoms. The maximum atomic E-state index is 12.7. The zero-order valence-corrected chi connectivity index (χ0v) is 17.1. The maximum Gasteiger partial charge on any atom is 0.235 e. The minimum Gasteiger partial charge on any atom is -0.492 e. The highest BCUT2D eigenvalue weighted by Gasteiger charge is 2.22. The van der Waals surface area contributed by atoms with Gasteiger partial charge in [-0.1, -0.05) is 41.6 Å². The number of ether oxygens (including phenoxy) is 1. The van der Waals surface area contributed by atoms with Crippen molar-refractivity contribution in [1.29, 1.82) is 0 Å². The third-order valence-electron chi connectivity index (χ3n) is 3.96. The highest BCUT2D eigenvalue weighted by atomic mass is 35.5. The van der Waals surface area contributed by atoms with Crippen molar-refractivity contribution in [3.05, 3.63) is 59.6 Å². The van der Waals surface area contributed by atoms with Crippen molar-refractivity contribution in [3.8, 4) is 11.4 Å². The molecule has 28 heavy (non-hydrogen) atoms. The summed E-state index contributed by atoms with van der Waals surface area (Å²) in [4.78, 5) is 14.3. The van der Waals surface area contributed by atoms with Gasteiger partial charge in [0.2, 0.25) is 11.1 Å². The molecule has 1 amide bonds. The fraction of sp³-hybridized carbons (Fsp3) is 0.263. The molecule has 1 atom stereocenters. The van der Waals surface area contributed by atoms with Gasteiger partial charge in [0.15, 0.2) is 0 Å². The average molecular weight is 418 g/mol. The Kier molecular flexibility index (Phi) is 6.89. The Morgan fingerprint density at radius 3 is 2.64 bits per heavy atom. The molecule has 0 saturated carbocycles. The molecular weight excluding hydrogens is 398 g/mol. The summed E-state index contributed by atoms with van der Waals surface area (Å²) in [5, 5.41) is 12.7. The monoisotopic (exact) mass is 417 g/mol. The number of hydrogen-bond acceptors (Lipinski definition) is 6. The summed E-state index contributed by atoms with van der Waals surface area (Å²) in [5.74, 6) is 0.696. The van der Waals surface area contributed by atoms with Crippen molar-refractivity contribution in [2.45, 2.75) is 17.3 Å². The molecule has 7 nitrogen and oxygen atoms in total. The van der Waals surface area contributed by atoms with Gasteiger partial charge in [0.25, 0.3) is 0 Å². The van der Waals surface area contributed by atoms with Crippen LogP contribution in [0.25, 0.3) is 5.69 Å². The molecule has 0 aliphatic heterocycles. The van der Waals surface area contributed by atoms with Crippen molar-refractivity contribution in [3.63, 3.8) is 0 Å². The van der Waals surface area contributed by atoms with E-state index in [9.17, 15) is 4.79 Å². The summed E-state index contributed by atoms with van der Waals surface area (Å²) in [6.45, 7) is 2.70. The van der Waals surface area contributed by atoms with E-state index in [-0.39, 0.29) is 11.2 Å². The molecular formula is C19H20ClN5O2S. The number of rotatable bonds is 8. The molecule has 146 valence electrons. The second kappa shape index (κ2) is 9.57. The Morgan fingerprint density at radius 1 is 1.21 bits per heavy atom. The smallest absolute Gasteiger partial charge is 0.235 e. The number of para-hydroxylation sites is 1. The first-order valence-electron chi connectivity index (χ1n) is 8.68. The first-order chi connectivity index (χ1) is 13.5. The van der Waals surface area contributed by atoms with Gasteiger partial charge in [-0.05, 0) is 53.7 Å². The van der Waals surface area contributed by atoms with E-state index in [0.717, 1.165) is 11.4 Å². The normalized spacial score (nSPS) is 11.8. The Labute approximate surface area is 172 Å². The van der Waals surface area contributed by atoms with E-state index in [2.05, 4.69) is 15.5 Å². The predicted molar refractivity (Wildman–Crippen MR) is 109 cm³/mol. The van der Waals surface area contributed by atoms with E-state index < -0.39 is 0 Å². The van der Waals surface area contributed by atoms with Gasteiger partial charge in [-0.25, -0.2) is 0 Å². The zero-order chi connectivity index (χ0) is 19.9. The third-order valence-corrected chi connectivity index (χ3v) is 5.23. The van der Waals surface area contributed by atoms with Gasteiger partial charge in [-0.15, -0.1) is 5.10 Å². The van der Waals surface area contributed by atoms with Gasteiger partial charge in [0.05, 0.1) is 17.5 Å². The quantitative estimate of drug-likeness (QED) is 0.523. The first-order valence-corrected chi connectivity index (χ1v) is 9.94. The van der Waals surface area contributed by atoms with E-state index in [4.69, 9.17) is 16.3 Å². The van der Waals surface area contributed by atoms with Crippen molar-refractivity contribution >= 4 is 29.3 Å². The summed E-state index contributed by atoms with van der Waals surface area (Å²) >= 11 is 7.17. The van der Waals surface area contributed by atoms with E-state index in [0.29, 0.717) is 23.3 Å². The standard InChI is InChI=1S/C19H20ClN5O2S/c1-14(28-19-21-22-23-25(19)16-6-4-3-5-7-16)18(26)24(2)12-13-27-17-10-8-15(20)9-11-17/h3-11,14H,12-13H2,1-2H3. The van der Waals surface area contributed by atoms with Crippen LogP contribution in [0.15, 0.2) is 59.8 Å². The van der Waals surface area contributed by atoms with Gasteiger partial charge in [-0.3, -0.25) is 4.79 Å². The fourth-order valence-electron chi connectivity index (χ4n) is 2.44. The number of thioether (sulfide) groups is 1. The molecule has 0 aliphatic carbocycles. The molecule has 2 aromatic carbocycles. The lowest BCUT2D eigenvalue weighted by atomic mass is 10.3. The molecule has 0 radical (unpaired) electrons. The van der Waals surface area contributed by atoms with Gasteiger partial charge in [0.1, 0.15) is 12.4 Å². The van der Waals surface area contributed by atoms with E-state index in [1.807, 2.05) is 37.3 Å². The lowest BCUT2D eigenvalue weighted by Crippen LogP contribution is -2.36. The van der Waals surface area contributed by atoms with Crippen LogP contribution in [0.4, 0.5) is 0 Å². The minimum atomic E-state index is -0.339. The number of halogens is 1. The molecule has 0 aliphatic rings. The van der Waals surface area contributed by atoms with Crippen LogP contribution in [0.3, 0.4) is 0 Å². The largest absolute Gasteiger partial charge is 0.492 e. The van der Waals surface area contributed by atoms with Crippen LogP contribution in [0.5, 0.6) is 5.75 Å². The van der Waals surface area contributed by atoms with Crippen LogP contribution in [0, 0.1) is 0 Å². The third kappa shape index (κ3) is 5.24. The number of benzene rings is 2. The Bertz CT molecular complexity index is 904. The Hall–Kier alpha value is -2.58. The van der Waals surface area contributed by atoms with Crippen LogP contribution in [0.2, 0.25) is 5.02 Å². The van der Waals surface area contributed by atoms with E-state index in [1.165, 1.54) is 11.8 Å². The molecule has 0 bridgehead atoms. The maximum absolute atomic E-state index is 12.7. The van der Waals surface area contributed by atoms with Gasteiger partial charge >= 0.3 is 0 Å². The summed E-state index contributed by atoms with van der Waals surface area (Å²) in [6.07, 6.45) is 0. The molecule has 1 unspecified atom stereocenters. The van der Waals surface area contributed by atoms with Crippen molar-refractivity contribution in [1.82, 2.24) is 25.1 Å². The van der Waals surface area contributed by atoms with Crippen LogP contribution >= 0.6 is 23.4 Å². The van der Waals surface area contributed by atoms with Crippen molar-refractivity contribution in [2.75, 3.05) is 20.2 Å². The number of amides is 1. The number of carbonyl (C=O) groups excluding carboxylic acids is 1. The summed E-state index contributed by atoms with van der Waals surface area (Å²) in [7, 11) is 1.75. The van der Waals surface area contributed by atoms with Gasteiger partial charge in [-0.2, -0.15) is 4.68 Å². The molecule has 0 saturated heterocycles. The molecule has 1 aromatic heterocycles. The highest BCUT2D eigenvalue weighted by molar-refractivity contribution is 8.00. The van der Waals surface area contributed by atoms with Crippen molar-refractivity contribution in [2.24, 2.45) is 0 Å². The SMILES string of the molecule is CC(Sc1nnnn1-c1ccccc1)C(=O)N(C)CCOc1ccc(Cl)cc1. The van der Waals surface area contributed by atoms with Gasteiger partial charge in [0, 0.05) is 12.1 Å². The second-order valence-corrected chi connectivity index (χ2v) is 7.78. The molecule has 3 rings (SSSR count). The van der Waals surface area contributed by atoms with Crippen molar-refractivity contribution < 1.29 is 9.53 Å². The summed E-state index contributed by atoms with van der Waals surface area (Å²) in [6, 6.07) is 16.7. The van der Waals surface area contributed by atoms with Crippen LogP contribution < -0.4 is 4.74 Å². The Morgan fingerprint density at radius 2 is 1.93 bits per heavy atom. The summed E-state index contributed by atoms with van der Waals surface area (Å²) < 4.78 is 7.27. The number of tetrazole rings is 1. The minimum absolute atomic E-state index is 0.0210. The zero-order valence-electron chi connectivity index (χ0n) is 15.5. The average Bonchev–Trinajstić information content (AvgIpc) is 3.17. The number of nitrogens with zero attached hydrogens (tertiary/aromatic N) is 5. The van der Waals surface area contributed by atoms with Crippen LogP contribution in [-0.2, 0) is 4.79 Å². The Balaban J connectivity index is 1.53. The molecule has 0 N–H and O–H groups in total. The number of hydrogen-bond donors (Lipinski definition) is 0. The predicted octanol–water partition coefficient (Wildman–Crippen LogP) is 3.33. The van der Waals surface area contributed by atoms with E-state index >= 15 is 0 Å². The lowest BCUT2D eigenvalue weighted by molar-refractivity contribution is -0.129. The lowest BCUT2D eigenvalue weighted by Gasteiger charge is -2.21. The molecule has 1 heterocycles. The number of aromatic nitrogens is 4. The molecule has 0 fully saturated rings. The van der Waals surface area contributed by atoms with Crippen LogP contribution in [0.1, 0.15) is 6.92 Å². The topological polar surface area (TPSA) is 73.1 Å². The van der Waals surface area contributed by atoms with E-state index in [1.54, 1.807) is 40.9 Å². The summed E-state index contributed by atoms with van der Waals surface area (Å²) in [5.41, 5.74) is 0.847. The van der Waals surface area contributed by atoms with Gasteiger partial charge < -0.3 is 9.64 Å². The first kappa shape index (κ1) is 20.2. The fourth-order valence-corrected chi connectivity index (χ4v) is 3.49. The molecule has 0 spiro atoms. The second-order valence-electron chi connectivity index (χ2n) is 6.03. The van der Waals surface area contributed by atoms with Crippen LogP contribution in [-0.4, -0.2) is 56.5 Å². The molecule has 3 aromatic rings. The number of likely N-dealkylation sites (N-methyl/N-ethyl adjacent to an activating group) is 1.